The second-order valence-corrected chi connectivity index (χ2v) is 4.16. The molecular formula is C12H14FNO. The molecular weight excluding hydrogens is 193 g/mol. The van der Waals surface area contributed by atoms with Crippen LogP contribution in [0.1, 0.15) is 34.3 Å². The number of hydrogen-bond acceptors (Lipinski definition) is 1. The van der Waals surface area contributed by atoms with Gasteiger partial charge in [-0.15, -0.1) is 0 Å². The maximum atomic E-state index is 13.5. The molecule has 1 aliphatic carbocycles. The molecule has 1 N–H and O–H groups in total. The summed E-state index contributed by atoms with van der Waals surface area (Å²) in [6.45, 7) is 3.71. The Labute approximate surface area is 88.5 Å². The fourth-order valence-corrected chi connectivity index (χ4v) is 1.45. The summed E-state index contributed by atoms with van der Waals surface area (Å²) in [5, 5.41) is 2.78. The molecule has 0 saturated heterocycles. The summed E-state index contributed by atoms with van der Waals surface area (Å²) in [4.78, 5) is 11.6. The standard InChI is InChI=1S/C12H14FNO/c1-7-5-10(11(13)6-8(7)2)12(15)14-9-3-4-9/h5-6,9H,3-4H2,1-2H3,(H,14,15). The Bertz CT molecular complexity index is 410. The SMILES string of the molecule is Cc1cc(F)c(C(=O)NC2CC2)cc1C. The van der Waals surface area contributed by atoms with E-state index in [1.165, 1.54) is 6.07 Å². The van der Waals surface area contributed by atoms with Crippen LogP contribution in [0.5, 0.6) is 0 Å². The second-order valence-electron chi connectivity index (χ2n) is 4.16. The summed E-state index contributed by atoms with van der Waals surface area (Å²) >= 11 is 0. The molecule has 1 saturated carbocycles. The van der Waals surface area contributed by atoms with Gasteiger partial charge in [-0.2, -0.15) is 0 Å². The van der Waals surface area contributed by atoms with Crippen LogP contribution in [0.25, 0.3) is 0 Å². The van der Waals surface area contributed by atoms with Crippen molar-refractivity contribution in [1.82, 2.24) is 5.32 Å². The zero-order chi connectivity index (χ0) is 11.0. The van der Waals surface area contributed by atoms with Crippen LogP contribution in [-0.2, 0) is 0 Å². The lowest BCUT2D eigenvalue weighted by Crippen LogP contribution is -2.26. The Hall–Kier alpha value is -1.38. The molecule has 0 radical (unpaired) electrons. The molecule has 80 valence electrons. The largest absolute Gasteiger partial charge is 0.349 e. The van der Waals surface area contributed by atoms with E-state index in [4.69, 9.17) is 0 Å². The predicted molar refractivity (Wildman–Crippen MR) is 56.4 cm³/mol. The van der Waals surface area contributed by atoms with E-state index in [9.17, 15) is 9.18 Å². The molecule has 0 heterocycles. The Morgan fingerprint density at radius 3 is 2.53 bits per heavy atom. The highest BCUT2D eigenvalue weighted by molar-refractivity contribution is 5.95. The molecule has 1 aromatic rings. The summed E-state index contributed by atoms with van der Waals surface area (Å²) in [7, 11) is 0. The Kier molecular flexibility index (Phi) is 2.47. The van der Waals surface area contributed by atoms with E-state index < -0.39 is 5.82 Å². The van der Waals surface area contributed by atoms with E-state index in [0.29, 0.717) is 0 Å². The fourth-order valence-electron chi connectivity index (χ4n) is 1.45. The maximum absolute atomic E-state index is 13.5. The molecule has 0 atom stereocenters. The van der Waals surface area contributed by atoms with Gasteiger partial charge in [0.15, 0.2) is 0 Å². The molecule has 1 fully saturated rings. The number of nitrogens with one attached hydrogen (secondary N) is 1. The molecule has 1 aliphatic rings. The predicted octanol–water partition coefficient (Wildman–Crippen LogP) is 2.33. The van der Waals surface area contributed by atoms with Gasteiger partial charge in [-0.1, -0.05) is 0 Å². The minimum Gasteiger partial charge on any atom is -0.349 e. The highest BCUT2D eigenvalue weighted by Crippen LogP contribution is 2.20. The van der Waals surface area contributed by atoms with E-state index in [0.717, 1.165) is 24.0 Å². The van der Waals surface area contributed by atoms with Crippen molar-refractivity contribution in [3.8, 4) is 0 Å². The highest BCUT2D eigenvalue weighted by atomic mass is 19.1. The highest BCUT2D eigenvalue weighted by Gasteiger charge is 2.25. The van der Waals surface area contributed by atoms with E-state index >= 15 is 0 Å². The van der Waals surface area contributed by atoms with Crippen LogP contribution < -0.4 is 5.32 Å². The van der Waals surface area contributed by atoms with Crippen molar-refractivity contribution in [2.24, 2.45) is 0 Å². The minimum absolute atomic E-state index is 0.157. The summed E-state index contributed by atoms with van der Waals surface area (Å²) in [6, 6.07) is 3.29. The van der Waals surface area contributed by atoms with Gasteiger partial charge in [0, 0.05) is 6.04 Å². The third-order valence-corrected chi connectivity index (χ3v) is 2.74. The van der Waals surface area contributed by atoms with Gasteiger partial charge in [0.05, 0.1) is 5.56 Å². The average Bonchev–Trinajstić information content (AvgIpc) is 2.95. The smallest absolute Gasteiger partial charge is 0.254 e. The van der Waals surface area contributed by atoms with Gasteiger partial charge in [0.1, 0.15) is 5.82 Å². The summed E-state index contributed by atoms with van der Waals surface area (Å²) in [5.74, 6) is -0.727. The van der Waals surface area contributed by atoms with Crippen molar-refractivity contribution in [1.29, 1.82) is 0 Å². The van der Waals surface area contributed by atoms with Gasteiger partial charge in [0.2, 0.25) is 0 Å². The van der Waals surface area contributed by atoms with Gasteiger partial charge >= 0.3 is 0 Å². The number of benzene rings is 1. The lowest BCUT2D eigenvalue weighted by molar-refractivity contribution is 0.0947. The van der Waals surface area contributed by atoms with E-state index in [2.05, 4.69) is 5.32 Å². The number of aryl methyl sites for hydroxylation is 2. The molecule has 0 bridgehead atoms. The van der Waals surface area contributed by atoms with Crippen LogP contribution in [0.4, 0.5) is 4.39 Å². The summed E-state index contributed by atoms with van der Waals surface area (Å²) < 4.78 is 13.5. The maximum Gasteiger partial charge on any atom is 0.254 e. The molecule has 0 unspecified atom stereocenters. The lowest BCUT2D eigenvalue weighted by atomic mass is 10.1. The van der Waals surface area contributed by atoms with Crippen LogP contribution in [0, 0.1) is 19.7 Å². The molecule has 15 heavy (non-hydrogen) atoms. The third kappa shape index (κ3) is 2.17. The lowest BCUT2D eigenvalue weighted by Gasteiger charge is -2.07. The van der Waals surface area contributed by atoms with Crippen molar-refractivity contribution in [2.75, 3.05) is 0 Å². The van der Waals surface area contributed by atoms with Gasteiger partial charge in [-0.3, -0.25) is 4.79 Å². The molecule has 2 nitrogen and oxygen atoms in total. The van der Waals surface area contributed by atoms with E-state index in [1.807, 2.05) is 13.8 Å². The molecule has 2 rings (SSSR count). The molecule has 0 spiro atoms. The first kappa shape index (κ1) is 10.1. The molecule has 1 aromatic carbocycles. The van der Waals surface area contributed by atoms with Crippen molar-refractivity contribution in [2.45, 2.75) is 32.7 Å². The average molecular weight is 207 g/mol. The van der Waals surface area contributed by atoms with Crippen LogP contribution >= 0.6 is 0 Å². The summed E-state index contributed by atoms with van der Waals surface area (Å²) in [5.41, 5.74) is 1.97. The van der Waals surface area contributed by atoms with Crippen LogP contribution in [0.15, 0.2) is 12.1 Å². The van der Waals surface area contributed by atoms with Gasteiger partial charge < -0.3 is 5.32 Å². The molecule has 0 aliphatic heterocycles. The number of halogens is 1. The van der Waals surface area contributed by atoms with E-state index in [1.54, 1.807) is 6.07 Å². The Morgan fingerprint density at radius 2 is 1.93 bits per heavy atom. The molecule has 3 heteroatoms. The third-order valence-electron chi connectivity index (χ3n) is 2.74. The van der Waals surface area contributed by atoms with Crippen LogP contribution in [0.3, 0.4) is 0 Å². The number of amides is 1. The Balaban J connectivity index is 2.25. The van der Waals surface area contributed by atoms with Crippen molar-refractivity contribution in [3.05, 3.63) is 34.6 Å². The van der Waals surface area contributed by atoms with Crippen molar-refractivity contribution < 1.29 is 9.18 Å². The van der Waals surface area contributed by atoms with Crippen molar-refractivity contribution in [3.63, 3.8) is 0 Å². The van der Waals surface area contributed by atoms with Gasteiger partial charge in [-0.05, 0) is 49.9 Å². The second kappa shape index (κ2) is 3.65. The van der Waals surface area contributed by atoms with Gasteiger partial charge in [0.25, 0.3) is 5.91 Å². The number of carbonyl (C=O) groups is 1. The first-order valence-corrected chi connectivity index (χ1v) is 5.15. The molecule has 0 aromatic heterocycles. The monoisotopic (exact) mass is 207 g/mol. The zero-order valence-electron chi connectivity index (χ0n) is 8.93. The number of carbonyl (C=O) groups excluding carboxylic acids is 1. The fraction of sp³-hybridized carbons (Fsp3) is 0.417. The Morgan fingerprint density at radius 1 is 1.33 bits per heavy atom. The first-order valence-electron chi connectivity index (χ1n) is 5.15. The van der Waals surface area contributed by atoms with E-state index in [-0.39, 0.29) is 17.5 Å². The minimum atomic E-state index is -0.434. The summed E-state index contributed by atoms with van der Waals surface area (Å²) in [6.07, 6.45) is 2.02. The number of rotatable bonds is 2. The van der Waals surface area contributed by atoms with Gasteiger partial charge in [-0.25, -0.2) is 4.39 Å². The molecule has 1 amide bonds. The van der Waals surface area contributed by atoms with Crippen LogP contribution in [0.2, 0.25) is 0 Å². The topological polar surface area (TPSA) is 29.1 Å². The first-order chi connectivity index (χ1) is 7.08. The normalized spacial score (nSPS) is 15.1. The zero-order valence-corrected chi connectivity index (χ0v) is 8.93. The van der Waals surface area contributed by atoms with Crippen molar-refractivity contribution >= 4 is 5.91 Å². The van der Waals surface area contributed by atoms with Crippen LogP contribution in [-0.4, -0.2) is 11.9 Å². The quantitative estimate of drug-likeness (QED) is 0.792. The number of hydrogen-bond donors (Lipinski definition) is 1.